The van der Waals surface area contributed by atoms with E-state index in [-0.39, 0.29) is 18.2 Å². The summed E-state index contributed by atoms with van der Waals surface area (Å²) >= 11 is 2.03. The lowest BCUT2D eigenvalue weighted by Crippen LogP contribution is -2.20. The van der Waals surface area contributed by atoms with E-state index in [1.54, 1.807) is 30.3 Å². The summed E-state index contributed by atoms with van der Waals surface area (Å²) in [5.74, 6) is -0.387. The Bertz CT molecular complexity index is 946. The Hall–Kier alpha value is -2.13. The van der Waals surface area contributed by atoms with E-state index in [2.05, 4.69) is 11.9 Å². The van der Waals surface area contributed by atoms with Gasteiger partial charge in [0.25, 0.3) is 0 Å². The van der Waals surface area contributed by atoms with Crippen LogP contribution in [0.4, 0.5) is 25.8 Å². The highest BCUT2D eigenvalue weighted by atomic mass is 127. The minimum atomic E-state index is -0.446. The number of aliphatic hydroxyl groups excluding tert-OH is 1. The topological polar surface area (TPSA) is 44.7 Å². The van der Waals surface area contributed by atoms with Crippen molar-refractivity contribution in [3.05, 3.63) is 69.6 Å². The van der Waals surface area contributed by atoms with E-state index in [4.69, 9.17) is 4.74 Å². The molecule has 28 heavy (non-hydrogen) atoms. The van der Waals surface area contributed by atoms with Gasteiger partial charge >= 0.3 is 0 Å². The fourth-order valence-corrected chi connectivity index (χ4v) is 3.33. The number of rotatable bonds is 6. The second-order valence-corrected chi connectivity index (χ2v) is 8.02. The van der Waals surface area contributed by atoms with Crippen molar-refractivity contribution in [3.63, 3.8) is 0 Å². The highest BCUT2D eigenvalue weighted by Crippen LogP contribution is 2.42. The van der Waals surface area contributed by atoms with Crippen LogP contribution in [0.2, 0.25) is 0 Å². The summed E-state index contributed by atoms with van der Waals surface area (Å²) < 4.78 is 35.1. The van der Waals surface area contributed by atoms with Crippen molar-refractivity contribution in [1.29, 1.82) is 0 Å². The first-order valence-electron chi connectivity index (χ1n) is 8.73. The quantitative estimate of drug-likeness (QED) is 0.534. The van der Waals surface area contributed by atoms with Gasteiger partial charge in [-0.05, 0) is 52.9 Å². The van der Waals surface area contributed by atoms with Gasteiger partial charge in [-0.25, -0.2) is 8.78 Å². The fourth-order valence-electron chi connectivity index (χ4n) is 2.88. The molecule has 2 aromatic carbocycles. The Kier molecular flexibility index (Phi) is 6.24. The second kappa shape index (κ2) is 8.48. The van der Waals surface area contributed by atoms with Crippen LogP contribution >= 0.6 is 22.6 Å². The molecule has 0 fully saturated rings. The van der Waals surface area contributed by atoms with Gasteiger partial charge in [-0.3, -0.25) is 0 Å². The molecule has 4 nitrogen and oxygen atoms in total. The average molecular weight is 498 g/mol. The van der Waals surface area contributed by atoms with Gasteiger partial charge < -0.3 is 20.1 Å². The molecule has 1 heterocycles. The number of fused-ring (bicyclic) bond motifs is 1. The SMILES string of the molecule is C=C1C(OC[C@H](C)CO)=CN(C)c2cc(F)cc(Nc3ccc(I)cc3F)c21. The lowest BCUT2D eigenvalue weighted by atomic mass is 9.97. The number of benzene rings is 2. The van der Waals surface area contributed by atoms with Crippen molar-refractivity contribution < 1.29 is 18.6 Å². The van der Waals surface area contributed by atoms with E-state index in [9.17, 15) is 13.9 Å². The zero-order chi connectivity index (χ0) is 20.4. The lowest BCUT2D eigenvalue weighted by molar-refractivity contribution is 0.135. The van der Waals surface area contributed by atoms with E-state index in [1.165, 1.54) is 18.2 Å². The number of nitrogens with one attached hydrogen (secondary N) is 1. The van der Waals surface area contributed by atoms with Crippen molar-refractivity contribution in [2.24, 2.45) is 5.92 Å². The summed E-state index contributed by atoms with van der Waals surface area (Å²) in [6.07, 6.45) is 1.73. The lowest BCUT2D eigenvalue weighted by Gasteiger charge is -2.30. The summed E-state index contributed by atoms with van der Waals surface area (Å²) in [5, 5.41) is 12.2. The smallest absolute Gasteiger partial charge is 0.147 e. The van der Waals surface area contributed by atoms with Crippen molar-refractivity contribution in [1.82, 2.24) is 0 Å². The first-order chi connectivity index (χ1) is 13.3. The molecule has 2 N–H and O–H groups in total. The number of hydrogen-bond donors (Lipinski definition) is 2. The maximum Gasteiger partial charge on any atom is 0.147 e. The van der Waals surface area contributed by atoms with Crippen molar-refractivity contribution >= 4 is 45.2 Å². The summed E-state index contributed by atoms with van der Waals surface area (Å²) in [6.45, 7) is 6.30. The molecule has 148 valence electrons. The molecule has 0 spiro atoms. The average Bonchev–Trinajstić information content (AvgIpc) is 2.65. The van der Waals surface area contributed by atoms with Crippen LogP contribution in [0.1, 0.15) is 12.5 Å². The van der Waals surface area contributed by atoms with Crippen LogP contribution < -0.4 is 10.2 Å². The Morgan fingerprint density at radius 1 is 1.25 bits per heavy atom. The van der Waals surface area contributed by atoms with Gasteiger partial charge in [-0.1, -0.05) is 13.5 Å². The van der Waals surface area contributed by atoms with E-state index in [0.717, 1.165) is 3.57 Å². The molecular weight excluding hydrogens is 477 g/mol. The summed E-state index contributed by atoms with van der Waals surface area (Å²) in [4.78, 5) is 1.74. The molecule has 0 amide bonds. The van der Waals surface area contributed by atoms with E-state index in [1.807, 2.05) is 29.5 Å². The van der Waals surface area contributed by atoms with Gasteiger partial charge in [-0.2, -0.15) is 0 Å². The molecule has 1 aliphatic heterocycles. The normalized spacial score (nSPS) is 14.4. The molecule has 0 aliphatic carbocycles. The highest BCUT2D eigenvalue weighted by molar-refractivity contribution is 14.1. The largest absolute Gasteiger partial charge is 0.491 e. The van der Waals surface area contributed by atoms with Crippen LogP contribution in [0.15, 0.2) is 48.9 Å². The van der Waals surface area contributed by atoms with Gasteiger partial charge in [0.2, 0.25) is 0 Å². The number of aliphatic hydroxyl groups is 1. The minimum absolute atomic E-state index is 0.0102. The summed E-state index contributed by atoms with van der Waals surface area (Å²) in [6, 6.07) is 7.50. The van der Waals surface area contributed by atoms with Crippen LogP contribution in [0.3, 0.4) is 0 Å². The molecule has 0 unspecified atom stereocenters. The van der Waals surface area contributed by atoms with Crippen molar-refractivity contribution in [2.75, 3.05) is 30.5 Å². The van der Waals surface area contributed by atoms with Gasteiger partial charge in [-0.15, -0.1) is 0 Å². The maximum absolute atomic E-state index is 14.3. The number of allylic oxidation sites excluding steroid dienone is 1. The molecule has 7 heteroatoms. The standard InChI is InChI=1S/C21H21F2IN2O2/c1-12(10-27)11-28-20-9-26(3)19-7-14(22)6-18(21(19)13(20)2)25-17-5-4-15(24)8-16(17)23/h4-9,12,25,27H,2,10-11H2,1,3H3/t12-/m1/s1. The van der Waals surface area contributed by atoms with Crippen LogP contribution in [-0.2, 0) is 4.74 Å². The molecule has 3 rings (SSSR count). The van der Waals surface area contributed by atoms with Gasteiger partial charge in [0, 0.05) is 40.5 Å². The molecule has 0 bridgehead atoms. The number of ether oxygens (including phenoxy) is 1. The second-order valence-electron chi connectivity index (χ2n) is 6.78. The van der Waals surface area contributed by atoms with E-state index < -0.39 is 11.6 Å². The van der Waals surface area contributed by atoms with Gasteiger partial charge in [0.05, 0.1) is 23.7 Å². The highest BCUT2D eigenvalue weighted by Gasteiger charge is 2.25. The fraction of sp³-hybridized carbons (Fsp3) is 0.238. The molecule has 0 saturated carbocycles. The minimum Gasteiger partial charge on any atom is -0.491 e. The number of halogens is 3. The van der Waals surface area contributed by atoms with E-state index >= 15 is 0 Å². The third kappa shape index (κ3) is 4.30. The van der Waals surface area contributed by atoms with Crippen molar-refractivity contribution in [2.45, 2.75) is 6.92 Å². The van der Waals surface area contributed by atoms with Gasteiger partial charge in [0.15, 0.2) is 0 Å². The Morgan fingerprint density at radius 3 is 2.68 bits per heavy atom. The van der Waals surface area contributed by atoms with Crippen LogP contribution in [0.25, 0.3) is 5.57 Å². The Labute approximate surface area is 176 Å². The number of anilines is 3. The first-order valence-corrected chi connectivity index (χ1v) is 9.81. The molecule has 0 aromatic heterocycles. The molecule has 2 aromatic rings. The molecule has 1 aliphatic rings. The van der Waals surface area contributed by atoms with E-state index in [0.29, 0.717) is 34.9 Å². The third-order valence-electron chi connectivity index (χ3n) is 4.41. The molecule has 0 radical (unpaired) electrons. The number of nitrogens with zero attached hydrogens (tertiary/aromatic N) is 1. The summed E-state index contributed by atoms with van der Waals surface area (Å²) in [5.41, 5.74) is 2.44. The zero-order valence-corrected chi connectivity index (χ0v) is 17.8. The molecule has 0 saturated heterocycles. The maximum atomic E-state index is 14.3. The molecule has 1 atom stereocenters. The van der Waals surface area contributed by atoms with Gasteiger partial charge in [0.1, 0.15) is 17.4 Å². The zero-order valence-electron chi connectivity index (χ0n) is 15.6. The predicted molar refractivity (Wildman–Crippen MR) is 117 cm³/mol. The van der Waals surface area contributed by atoms with Crippen LogP contribution in [0.5, 0.6) is 0 Å². The predicted octanol–water partition coefficient (Wildman–Crippen LogP) is 5.26. The third-order valence-corrected chi connectivity index (χ3v) is 5.08. The monoisotopic (exact) mass is 498 g/mol. The van der Waals surface area contributed by atoms with Crippen LogP contribution in [0, 0.1) is 21.1 Å². The van der Waals surface area contributed by atoms with Crippen LogP contribution in [-0.4, -0.2) is 25.4 Å². The number of hydrogen-bond acceptors (Lipinski definition) is 4. The first kappa shape index (κ1) is 20.6. The Balaban J connectivity index is 1.98. The summed E-state index contributed by atoms with van der Waals surface area (Å²) in [7, 11) is 1.78. The van der Waals surface area contributed by atoms with Crippen molar-refractivity contribution in [3.8, 4) is 0 Å². The molecular formula is C21H21F2IN2O2. The Morgan fingerprint density at radius 2 is 2.00 bits per heavy atom.